The molecule has 36 heavy (non-hydrogen) atoms. The van der Waals surface area contributed by atoms with Crippen LogP contribution in [0.4, 0.5) is 0 Å². The van der Waals surface area contributed by atoms with Crippen molar-refractivity contribution in [2.45, 2.75) is 142 Å². The molecule has 0 saturated heterocycles. The Balaban J connectivity index is 1.91. The standard InChI is InChI=1S/C32H60N2O2/c1-4-5-6-7-8-9-10-11-12-13-14-15-16-17-18-19-20-21-22-31(35)28-34(33-3)26-25-30-24-23-29(2)32(36)27-30/h8-9,11-12,29-30,32-33,36H,4-7,10,13-28H2,1-3H3/b9-8-,12-11-/t29-,30?,32-/m1/s1. The first-order valence-electron chi connectivity index (χ1n) is 15.5. The second-order valence-corrected chi connectivity index (χ2v) is 11.2. The highest BCUT2D eigenvalue weighted by atomic mass is 16.3. The number of allylic oxidation sites excluding steroid dienone is 4. The Kier molecular flexibility index (Phi) is 21.3. The number of ketones is 1. The van der Waals surface area contributed by atoms with E-state index in [-0.39, 0.29) is 6.10 Å². The summed E-state index contributed by atoms with van der Waals surface area (Å²) in [5.74, 6) is 1.38. The number of carbonyl (C=O) groups is 1. The van der Waals surface area contributed by atoms with Crippen LogP contribution in [0.1, 0.15) is 136 Å². The van der Waals surface area contributed by atoms with Gasteiger partial charge in [-0.1, -0.05) is 89.5 Å². The molecule has 1 aliphatic rings. The number of nitrogens with one attached hydrogen (secondary N) is 1. The van der Waals surface area contributed by atoms with Crippen molar-refractivity contribution in [2.75, 3.05) is 20.1 Å². The molecule has 0 aromatic rings. The summed E-state index contributed by atoms with van der Waals surface area (Å²) in [6, 6.07) is 0. The SMILES string of the molecule is CCCCC/C=C\C/C=C\CCCCCCCCCCC(=O)CN(CCC1CC[C@@H](C)[C@H](O)C1)NC. The van der Waals surface area contributed by atoms with E-state index in [9.17, 15) is 9.90 Å². The largest absolute Gasteiger partial charge is 0.393 e. The van der Waals surface area contributed by atoms with Crippen molar-refractivity contribution in [3.05, 3.63) is 24.3 Å². The Morgan fingerprint density at radius 2 is 1.50 bits per heavy atom. The third-order valence-corrected chi connectivity index (χ3v) is 7.91. The quantitative estimate of drug-likeness (QED) is 0.0837. The van der Waals surface area contributed by atoms with Crippen LogP contribution in [-0.4, -0.2) is 42.1 Å². The lowest BCUT2D eigenvalue weighted by Crippen LogP contribution is -2.41. The van der Waals surface area contributed by atoms with Gasteiger partial charge in [0.1, 0.15) is 5.78 Å². The number of Topliss-reactive ketones (excluding diaryl/α,β-unsaturated/α-hetero) is 1. The van der Waals surface area contributed by atoms with Gasteiger partial charge in [0, 0.05) is 13.0 Å². The number of hydrogen-bond acceptors (Lipinski definition) is 4. The van der Waals surface area contributed by atoms with Crippen molar-refractivity contribution in [3.8, 4) is 0 Å². The van der Waals surface area contributed by atoms with E-state index in [4.69, 9.17) is 0 Å². The van der Waals surface area contributed by atoms with Gasteiger partial charge < -0.3 is 5.11 Å². The second kappa shape index (κ2) is 23.2. The van der Waals surface area contributed by atoms with E-state index in [1.54, 1.807) is 0 Å². The zero-order chi connectivity index (χ0) is 26.3. The van der Waals surface area contributed by atoms with Gasteiger partial charge in [-0.2, -0.15) is 0 Å². The third-order valence-electron chi connectivity index (χ3n) is 7.91. The van der Waals surface area contributed by atoms with Crippen molar-refractivity contribution in [1.29, 1.82) is 0 Å². The van der Waals surface area contributed by atoms with Crippen molar-refractivity contribution >= 4 is 5.78 Å². The van der Waals surface area contributed by atoms with Gasteiger partial charge in [-0.05, 0) is 83.1 Å². The lowest BCUT2D eigenvalue weighted by atomic mass is 9.79. The molecule has 0 aromatic heterocycles. The molecule has 1 rings (SSSR count). The molecular weight excluding hydrogens is 444 g/mol. The molecule has 1 aliphatic carbocycles. The maximum Gasteiger partial charge on any atom is 0.148 e. The number of aliphatic hydroxyl groups is 1. The van der Waals surface area contributed by atoms with E-state index in [0.717, 1.165) is 38.6 Å². The van der Waals surface area contributed by atoms with Crippen LogP contribution >= 0.6 is 0 Å². The molecule has 0 aliphatic heterocycles. The predicted octanol–water partition coefficient (Wildman–Crippen LogP) is 8.16. The molecule has 1 fully saturated rings. The van der Waals surface area contributed by atoms with Crippen LogP contribution in [0.5, 0.6) is 0 Å². The average molecular weight is 505 g/mol. The fourth-order valence-electron chi connectivity index (χ4n) is 5.21. The smallest absolute Gasteiger partial charge is 0.148 e. The molecule has 1 unspecified atom stereocenters. The van der Waals surface area contributed by atoms with E-state index < -0.39 is 0 Å². The molecule has 0 heterocycles. The molecule has 2 N–H and O–H groups in total. The molecule has 3 atom stereocenters. The Morgan fingerprint density at radius 3 is 2.11 bits per heavy atom. The van der Waals surface area contributed by atoms with Crippen molar-refractivity contribution in [3.63, 3.8) is 0 Å². The molecule has 4 heteroatoms. The maximum absolute atomic E-state index is 12.4. The highest BCUT2D eigenvalue weighted by molar-refractivity contribution is 5.80. The molecule has 0 radical (unpaired) electrons. The van der Waals surface area contributed by atoms with Crippen LogP contribution in [0, 0.1) is 11.8 Å². The molecule has 0 bridgehead atoms. The summed E-state index contributed by atoms with van der Waals surface area (Å²) in [5.41, 5.74) is 3.20. The highest BCUT2D eigenvalue weighted by Gasteiger charge is 2.26. The van der Waals surface area contributed by atoms with E-state index in [1.807, 2.05) is 7.05 Å². The Bertz CT molecular complexity index is 575. The normalized spacial score (nSPS) is 20.8. The van der Waals surface area contributed by atoms with Crippen LogP contribution in [0.3, 0.4) is 0 Å². The van der Waals surface area contributed by atoms with Crippen molar-refractivity contribution in [1.82, 2.24) is 10.4 Å². The number of aliphatic hydroxyl groups excluding tert-OH is 1. The predicted molar refractivity (Wildman–Crippen MR) is 156 cm³/mol. The third kappa shape index (κ3) is 18.3. The lowest BCUT2D eigenvalue weighted by molar-refractivity contribution is -0.121. The molecule has 1 saturated carbocycles. The van der Waals surface area contributed by atoms with Gasteiger partial charge in [-0.25, -0.2) is 5.01 Å². The van der Waals surface area contributed by atoms with Crippen molar-refractivity contribution < 1.29 is 9.90 Å². The van der Waals surface area contributed by atoms with Crippen LogP contribution in [0.15, 0.2) is 24.3 Å². The average Bonchev–Trinajstić information content (AvgIpc) is 2.87. The van der Waals surface area contributed by atoms with Gasteiger partial charge in [0.2, 0.25) is 0 Å². The molecule has 0 amide bonds. The molecule has 0 aromatic carbocycles. The summed E-state index contributed by atoms with van der Waals surface area (Å²) >= 11 is 0. The topological polar surface area (TPSA) is 52.6 Å². The minimum Gasteiger partial charge on any atom is -0.393 e. The Hall–Kier alpha value is -0.970. The van der Waals surface area contributed by atoms with Crippen LogP contribution in [0.2, 0.25) is 0 Å². The van der Waals surface area contributed by atoms with E-state index >= 15 is 0 Å². The molecular formula is C32H60N2O2. The summed E-state index contributed by atoms with van der Waals surface area (Å²) < 4.78 is 0. The minimum absolute atomic E-state index is 0.145. The van der Waals surface area contributed by atoms with Gasteiger partial charge >= 0.3 is 0 Å². The first kappa shape index (κ1) is 33.1. The van der Waals surface area contributed by atoms with E-state index in [0.29, 0.717) is 30.6 Å². The van der Waals surface area contributed by atoms with Crippen molar-refractivity contribution in [2.24, 2.45) is 11.8 Å². The first-order chi connectivity index (χ1) is 17.6. The number of unbranched alkanes of at least 4 members (excludes halogenated alkanes) is 11. The van der Waals surface area contributed by atoms with Crippen LogP contribution in [-0.2, 0) is 4.79 Å². The number of hydrazine groups is 1. The summed E-state index contributed by atoms with van der Waals surface area (Å²) in [6.07, 6.45) is 31.8. The van der Waals surface area contributed by atoms with Crippen LogP contribution in [0.25, 0.3) is 0 Å². The minimum atomic E-state index is -0.145. The van der Waals surface area contributed by atoms with Gasteiger partial charge in [-0.15, -0.1) is 0 Å². The number of nitrogens with zero attached hydrogens (tertiary/aromatic N) is 1. The lowest BCUT2D eigenvalue weighted by Gasteiger charge is -2.32. The van der Waals surface area contributed by atoms with Crippen LogP contribution < -0.4 is 5.43 Å². The van der Waals surface area contributed by atoms with E-state index in [1.165, 1.54) is 83.5 Å². The second-order valence-electron chi connectivity index (χ2n) is 11.2. The number of carbonyl (C=O) groups excluding carboxylic acids is 1. The highest BCUT2D eigenvalue weighted by Crippen LogP contribution is 2.30. The van der Waals surface area contributed by atoms with Gasteiger partial charge in [0.25, 0.3) is 0 Å². The summed E-state index contributed by atoms with van der Waals surface area (Å²) in [6.45, 7) is 5.80. The number of rotatable bonds is 23. The fraction of sp³-hybridized carbons (Fsp3) is 0.844. The van der Waals surface area contributed by atoms with Gasteiger partial charge in [0.15, 0.2) is 0 Å². The fourth-order valence-corrected chi connectivity index (χ4v) is 5.21. The maximum atomic E-state index is 12.4. The first-order valence-corrected chi connectivity index (χ1v) is 15.5. The number of hydrogen-bond donors (Lipinski definition) is 2. The molecule has 4 nitrogen and oxygen atoms in total. The zero-order valence-corrected chi connectivity index (χ0v) is 24.2. The van der Waals surface area contributed by atoms with Gasteiger partial charge in [-0.3, -0.25) is 10.2 Å². The Morgan fingerprint density at radius 1 is 0.889 bits per heavy atom. The monoisotopic (exact) mass is 504 g/mol. The van der Waals surface area contributed by atoms with Gasteiger partial charge in [0.05, 0.1) is 12.6 Å². The zero-order valence-electron chi connectivity index (χ0n) is 24.2. The Labute approximate surface area is 224 Å². The summed E-state index contributed by atoms with van der Waals surface area (Å²) in [4.78, 5) is 12.4. The summed E-state index contributed by atoms with van der Waals surface area (Å²) in [7, 11) is 1.91. The molecule has 210 valence electrons. The van der Waals surface area contributed by atoms with E-state index in [2.05, 4.69) is 48.6 Å². The molecule has 0 spiro atoms. The summed E-state index contributed by atoms with van der Waals surface area (Å²) in [5, 5.41) is 12.2.